The Morgan fingerprint density at radius 1 is 1.00 bits per heavy atom. The molecule has 0 aliphatic heterocycles. The molecular formula is C26H16ClF6N11O. The molecule has 6 rings (SSSR count). The van der Waals surface area contributed by atoms with E-state index in [1.807, 2.05) is 0 Å². The topological polar surface area (TPSA) is 132 Å². The SMILES string of the molecule is [O-][n+]1cc(-c2c(-n3cnnn3)ccc(Cl)c2F)ccc1[C@H](Cc1cnn(C(F)F)n1)n1cc(-c2ccnc(C(F)(F)F)c2)cn1. The van der Waals surface area contributed by atoms with Crippen LogP contribution in [0.25, 0.3) is 27.9 Å². The van der Waals surface area contributed by atoms with Gasteiger partial charge in [0.25, 0.3) is 0 Å². The third kappa shape index (κ3) is 5.91. The number of alkyl halides is 5. The quantitative estimate of drug-likeness (QED) is 0.130. The van der Waals surface area contributed by atoms with Crippen molar-refractivity contribution < 1.29 is 31.1 Å². The number of halogens is 7. The fourth-order valence-electron chi connectivity index (χ4n) is 4.63. The van der Waals surface area contributed by atoms with Crippen LogP contribution in [-0.4, -0.2) is 50.0 Å². The van der Waals surface area contributed by atoms with Gasteiger partial charge in [0.2, 0.25) is 5.69 Å². The lowest BCUT2D eigenvalue weighted by molar-refractivity contribution is -0.615. The van der Waals surface area contributed by atoms with E-state index < -0.39 is 30.3 Å². The summed E-state index contributed by atoms with van der Waals surface area (Å²) in [6, 6.07) is 6.72. The zero-order chi connectivity index (χ0) is 31.9. The van der Waals surface area contributed by atoms with E-state index >= 15 is 4.39 Å². The highest BCUT2D eigenvalue weighted by Crippen LogP contribution is 2.34. The second-order valence-electron chi connectivity index (χ2n) is 9.47. The van der Waals surface area contributed by atoms with Gasteiger partial charge in [0.1, 0.15) is 18.1 Å². The first-order chi connectivity index (χ1) is 21.5. The Balaban J connectivity index is 1.43. The number of benzene rings is 1. The van der Waals surface area contributed by atoms with Gasteiger partial charge >= 0.3 is 12.7 Å². The molecule has 0 aliphatic carbocycles. The van der Waals surface area contributed by atoms with Crippen molar-refractivity contribution in [3.63, 3.8) is 0 Å². The van der Waals surface area contributed by atoms with Gasteiger partial charge in [-0.15, -0.1) is 9.90 Å². The number of pyridine rings is 2. The van der Waals surface area contributed by atoms with E-state index in [9.17, 15) is 27.2 Å². The van der Waals surface area contributed by atoms with Crippen LogP contribution in [0, 0.1) is 11.0 Å². The number of hydrogen-bond donors (Lipinski definition) is 0. The molecule has 19 heteroatoms. The van der Waals surface area contributed by atoms with Crippen molar-refractivity contribution in [3.05, 3.63) is 107 Å². The van der Waals surface area contributed by atoms with Gasteiger partial charge in [-0.05, 0) is 46.3 Å². The number of aromatic nitrogens is 11. The molecule has 0 spiro atoms. The van der Waals surface area contributed by atoms with Crippen molar-refractivity contribution in [2.75, 3.05) is 0 Å². The maximum atomic E-state index is 15.3. The van der Waals surface area contributed by atoms with Gasteiger partial charge < -0.3 is 5.21 Å². The Labute approximate surface area is 252 Å². The van der Waals surface area contributed by atoms with E-state index in [1.54, 1.807) is 0 Å². The molecule has 1 aromatic carbocycles. The van der Waals surface area contributed by atoms with Gasteiger partial charge in [0.15, 0.2) is 12.0 Å². The monoisotopic (exact) mass is 647 g/mol. The minimum absolute atomic E-state index is 0.0112. The summed E-state index contributed by atoms with van der Waals surface area (Å²) in [7, 11) is 0. The van der Waals surface area contributed by atoms with Gasteiger partial charge in [-0.3, -0.25) is 9.67 Å². The summed E-state index contributed by atoms with van der Waals surface area (Å²) in [6.45, 7) is -3.02. The molecule has 5 heterocycles. The van der Waals surface area contributed by atoms with Crippen molar-refractivity contribution in [3.8, 4) is 27.9 Å². The number of hydrogen-bond acceptors (Lipinski definition) is 8. The van der Waals surface area contributed by atoms with Crippen molar-refractivity contribution in [2.45, 2.75) is 25.2 Å². The lowest BCUT2D eigenvalue weighted by Gasteiger charge is -2.17. The van der Waals surface area contributed by atoms with E-state index in [4.69, 9.17) is 11.6 Å². The van der Waals surface area contributed by atoms with Crippen molar-refractivity contribution in [1.29, 1.82) is 0 Å². The number of tetrazole rings is 1. The highest BCUT2D eigenvalue weighted by Gasteiger charge is 2.33. The number of rotatable bonds is 8. The average molecular weight is 648 g/mol. The first kappa shape index (κ1) is 29.7. The molecule has 1 atom stereocenters. The summed E-state index contributed by atoms with van der Waals surface area (Å²) in [6.07, 6.45) is 2.19. The summed E-state index contributed by atoms with van der Waals surface area (Å²) < 4.78 is 84.3. The summed E-state index contributed by atoms with van der Waals surface area (Å²) in [5.41, 5.74) is -0.449. The Kier molecular flexibility index (Phi) is 7.65. The van der Waals surface area contributed by atoms with Gasteiger partial charge in [0, 0.05) is 30.4 Å². The van der Waals surface area contributed by atoms with Crippen LogP contribution in [-0.2, 0) is 12.6 Å². The average Bonchev–Trinajstić information content (AvgIpc) is 3.80. The second-order valence-corrected chi connectivity index (χ2v) is 9.88. The first-order valence-electron chi connectivity index (χ1n) is 12.7. The molecule has 0 aliphatic rings. The van der Waals surface area contributed by atoms with Crippen LogP contribution >= 0.6 is 11.6 Å². The van der Waals surface area contributed by atoms with E-state index in [0.29, 0.717) is 4.73 Å². The standard InChI is InChI=1S/C26H16ClF6N11O/c27-18-2-4-20(42-13-35-39-40-42)23(24(18)28)15-1-3-19(43(45)12-15)21(8-17-10-37-44(38-17)25(29)30)41-11-16(9-36-41)14-5-6-34-22(7-14)26(31,32)33/h1-7,9-13,21,25H,8H2/t21-/m0/s1. The molecule has 0 saturated heterocycles. The third-order valence-corrected chi connectivity index (χ3v) is 6.97. The molecule has 0 radical (unpaired) electrons. The van der Waals surface area contributed by atoms with Crippen LogP contribution in [0.4, 0.5) is 26.3 Å². The number of nitrogens with zero attached hydrogens (tertiary/aromatic N) is 11. The Hall–Kier alpha value is -5.39. The maximum Gasteiger partial charge on any atom is 0.433 e. The highest BCUT2D eigenvalue weighted by molar-refractivity contribution is 6.31. The van der Waals surface area contributed by atoms with E-state index in [1.165, 1.54) is 58.4 Å². The Morgan fingerprint density at radius 3 is 2.51 bits per heavy atom. The van der Waals surface area contributed by atoms with Crippen LogP contribution in [0.15, 0.2) is 73.7 Å². The van der Waals surface area contributed by atoms with Crippen molar-refractivity contribution in [1.82, 2.24) is 50.0 Å². The molecule has 0 unspecified atom stereocenters. The third-order valence-electron chi connectivity index (χ3n) is 6.68. The molecule has 12 nitrogen and oxygen atoms in total. The van der Waals surface area contributed by atoms with Gasteiger partial charge in [-0.2, -0.15) is 46.7 Å². The lowest BCUT2D eigenvalue weighted by atomic mass is 10.0. The molecular weight excluding hydrogens is 632 g/mol. The highest BCUT2D eigenvalue weighted by atomic mass is 35.5. The smallest absolute Gasteiger partial charge is 0.433 e. The summed E-state index contributed by atoms with van der Waals surface area (Å²) in [5.74, 6) is -0.843. The fourth-order valence-corrected chi connectivity index (χ4v) is 4.78. The minimum Gasteiger partial charge on any atom is -0.618 e. The molecule has 230 valence electrons. The van der Waals surface area contributed by atoms with Crippen LogP contribution < -0.4 is 4.73 Å². The molecule has 0 saturated carbocycles. The molecule has 0 bridgehead atoms. The van der Waals surface area contributed by atoms with E-state index in [0.717, 1.165) is 24.7 Å². The van der Waals surface area contributed by atoms with Crippen LogP contribution in [0.3, 0.4) is 0 Å². The van der Waals surface area contributed by atoms with Gasteiger partial charge in [-0.1, -0.05) is 11.6 Å². The Morgan fingerprint density at radius 2 is 1.82 bits per heavy atom. The van der Waals surface area contributed by atoms with Crippen molar-refractivity contribution in [2.24, 2.45) is 0 Å². The summed E-state index contributed by atoms with van der Waals surface area (Å²) in [4.78, 5) is 3.54. The Bertz CT molecular complexity index is 1980. The van der Waals surface area contributed by atoms with Gasteiger partial charge in [0.05, 0.1) is 39.9 Å². The van der Waals surface area contributed by atoms with E-state index in [-0.39, 0.29) is 55.6 Å². The zero-order valence-electron chi connectivity index (χ0n) is 22.3. The lowest BCUT2D eigenvalue weighted by Crippen LogP contribution is -2.36. The zero-order valence-corrected chi connectivity index (χ0v) is 23.0. The second kappa shape index (κ2) is 11.6. The molecule has 0 amide bonds. The van der Waals surface area contributed by atoms with Crippen LogP contribution in [0.2, 0.25) is 5.02 Å². The largest absolute Gasteiger partial charge is 0.618 e. The predicted molar refractivity (Wildman–Crippen MR) is 142 cm³/mol. The van der Waals surface area contributed by atoms with Crippen LogP contribution in [0.1, 0.15) is 29.7 Å². The molecule has 6 aromatic rings. The molecule has 0 fully saturated rings. The maximum absolute atomic E-state index is 15.3. The van der Waals surface area contributed by atoms with Crippen molar-refractivity contribution >= 4 is 11.6 Å². The molecule has 0 N–H and O–H groups in total. The van der Waals surface area contributed by atoms with Gasteiger partial charge in [-0.25, -0.2) is 4.39 Å². The van der Waals surface area contributed by atoms with Crippen LogP contribution in [0.5, 0.6) is 0 Å². The normalized spacial score (nSPS) is 12.6. The molecule has 45 heavy (non-hydrogen) atoms. The predicted octanol–water partition coefficient (Wildman–Crippen LogP) is 4.85. The fraction of sp³-hybridized carbons (Fsp3) is 0.154. The minimum atomic E-state index is -4.69. The molecule has 5 aromatic heterocycles. The first-order valence-corrected chi connectivity index (χ1v) is 13.1. The summed E-state index contributed by atoms with van der Waals surface area (Å²) in [5, 5.41) is 35.7. The van der Waals surface area contributed by atoms with E-state index in [2.05, 4.69) is 35.8 Å². The summed E-state index contributed by atoms with van der Waals surface area (Å²) >= 11 is 6.03.